The minimum absolute atomic E-state index is 0.583. The molecular formula is C10H16N2O. The summed E-state index contributed by atoms with van der Waals surface area (Å²) in [5.41, 5.74) is 13.5. The van der Waals surface area contributed by atoms with Gasteiger partial charge in [0.15, 0.2) is 0 Å². The first kappa shape index (κ1) is 9.86. The lowest BCUT2D eigenvalue weighted by atomic mass is 10.2. The third-order valence-corrected chi connectivity index (χ3v) is 1.80. The van der Waals surface area contributed by atoms with Crippen LogP contribution in [-0.2, 0) is 4.74 Å². The van der Waals surface area contributed by atoms with Crippen LogP contribution in [0.4, 0.5) is 11.4 Å². The minimum Gasteiger partial charge on any atom is -0.399 e. The number of epoxide rings is 1. The molecule has 0 spiro atoms. The van der Waals surface area contributed by atoms with E-state index in [-0.39, 0.29) is 0 Å². The third kappa shape index (κ3) is 3.80. The van der Waals surface area contributed by atoms with Gasteiger partial charge in [-0.05, 0) is 31.5 Å². The summed E-state index contributed by atoms with van der Waals surface area (Å²) in [5.74, 6) is 0. The summed E-state index contributed by atoms with van der Waals surface area (Å²) in [6.45, 7) is 4.99. The number of hydrogen-bond acceptors (Lipinski definition) is 3. The number of rotatable bonds is 0. The zero-order chi connectivity index (χ0) is 9.84. The van der Waals surface area contributed by atoms with Crippen LogP contribution >= 0.6 is 0 Å². The van der Waals surface area contributed by atoms with Crippen LogP contribution in [0.5, 0.6) is 0 Å². The zero-order valence-corrected chi connectivity index (χ0v) is 8.08. The maximum atomic E-state index is 5.54. The van der Waals surface area contributed by atoms with Crippen molar-refractivity contribution in [2.75, 3.05) is 18.1 Å². The summed E-state index contributed by atoms with van der Waals surface area (Å²) in [6, 6.07) is 5.51. The minimum atomic E-state index is 0.583. The number of ether oxygens (including phenoxy) is 1. The van der Waals surface area contributed by atoms with Gasteiger partial charge in [0.05, 0.1) is 12.7 Å². The summed E-state index contributed by atoms with van der Waals surface area (Å²) in [4.78, 5) is 0. The highest BCUT2D eigenvalue weighted by molar-refractivity contribution is 5.55. The molecule has 0 aliphatic carbocycles. The summed E-state index contributed by atoms with van der Waals surface area (Å²) in [6.07, 6.45) is 0.583. The number of benzene rings is 1. The van der Waals surface area contributed by atoms with Crippen molar-refractivity contribution in [3.05, 3.63) is 23.8 Å². The van der Waals surface area contributed by atoms with Gasteiger partial charge in [0.1, 0.15) is 0 Å². The second kappa shape index (κ2) is 4.14. The molecule has 1 saturated heterocycles. The molecule has 2 rings (SSSR count). The Morgan fingerprint density at radius 3 is 2.23 bits per heavy atom. The summed E-state index contributed by atoms with van der Waals surface area (Å²) < 4.78 is 4.71. The van der Waals surface area contributed by atoms with E-state index < -0.39 is 0 Å². The van der Waals surface area contributed by atoms with E-state index in [2.05, 4.69) is 6.92 Å². The van der Waals surface area contributed by atoms with Crippen molar-refractivity contribution in [2.24, 2.45) is 0 Å². The van der Waals surface area contributed by atoms with Crippen molar-refractivity contribution < 1.29 is 4.74 Å². The van der Waals surface area contributed by atoms with Gasteiger partial charge in [-0.1, -0.05) is 6.07 Å². The average molecular weight is 180 g/mol. The molecule has 1 aromatic carbocycles. The molecule has 1 aliphatic rings. The van der Waals surface area contributed by atoms with Crippen LogP contribution in [0.15, 0.2) is 18.2 Å². The van der Waals surface area contributed by atoms with E-state index in [0.29, 0.717) is 6.10 Å². The molecule has 1 heterocycles. The highest BCUT2D eigenvalue weighted by Crippen LogP contribution is 2.13. The molecule has 0 saturated carbocycles. The molecule has 1 aromatic rings. The van der Waals surface area contributed by atoms with E-state index in [1.54, 1.807) is 6.07 Å². The van der Waals surface area contributed by atoms with Crippen molar-refractivity contribution in [3.63, 3.8) is 0 Å². The van der Waals surface area contributed by atoms with Gasteiger partial charge < -0.3 is 16.2 Å². The molecule has 1 unspecified atom stereocenters. The third-order valence-electron chi connectivity index (χ3n) is 1.80. The Labute approximate surface area is 78.7 Å². The molecule has 0 radical (unpaired) electrons. The number of anilines is 2. The van der Waals surface area contributed by atoms with E-state index in [1.165, 1.54) is 0 Å². The summed E-state index contributed by atoms with van der Waals surface area (Å²) in [7, 11) is 0. The normalized spacial score (nSPS) is 18.8. The van der Waals surface area contributed by atoms with Crippen LogP contribution in [0.3, 0.4) is 0 Å². The van der Waals surface area contributed by atoms with Gasteiger partial charge in [0.2, 0.25) is 0 Å². The fourth-order valence-electron chi connectivity index (χ4n) is 0.755. The number of nitrogen functional groups attached to an aromatic ring is 2. The lowest BCUT2D eigenvalue weighted by molar-refractivity contribution is 0.423. The molecule has 1 fully saturated rings. The quantitative estimate of drug-likeness (QED) is 0.470. The lowest BCUT2D eigenvalue weighted by Gasteiger charge is -1.98. The van der Waals surface area contributed by atoms with E-state index >= 15 is 0 Å². The number of nitrogens with two attached hydrogens (primary N) is 2. The second-order valence-electron chi connectivity index (χ2n) is 3.26. The first-order valence-electron chi connectivity index (χ1n) is 4.33. The van der Waals surface area contributed by atoms with Gasteiger partial charge in [-0.3, -0.25) is 0 Å². The Morgan fingerprint density at radius 1 is 1.38 bits per heavy atom. The van der Waals surface area contributed by atoms with Gasteiger partial charge in [0, 0.05) is 11.4 Å². The van der Waals surface area contributed by atoms with Crippen LogP contribution in [0.1, 0.15) is 12.5 Å². The lowest BCUT2D eigenvalue weighted by Crippen LogP contribution is -1.91. The van der Waals surface area contributed by atoms with Crippen molar-refractivity contribution in [1.29, 1.82) is 0 Å². The van der Waals surface area contributed by atoms with E-state index in [0.717, 1.165) is 23.5 Å². The van der Waals surface area contributed by atoms with Gasteiger partial charge in [-0.25, -0.2) is 0 Å². The monoisotopic (exact) mass is 180 g/mol. The first-order valence-corrected chi connectivity index (χ1v) is 4.33. The largest absolute Gasteiger partial charge is 0.399 e. The number of hydrogen-bond donors (Lipinski definition) is 2. The molecule has 13 heavy (non-hydrogen) atoms. The van der Waals surface area contributed by atoms with Gasteiger partial charge in [0.25, 0.3) is 0 Å². The van der Waals surface area contributed by atoms with E-state index in [4.69, 9.17) is 16.2 Å². The van der Waals surface area contributed by atoms with Gasteiger partial charge in [-0.2, -0.15) is 0 Å². The first-order chi connectivity index (χ1) is 6.09. The van der Waals surface area contributed by atoms with E-state index in [9.17, 15) is 0 Å². The standard InChI is InChI=1S/C7H10N2.C3H6O/c1-5-2-3-6(8)4-7(5)9;1-3-2-4-3/h2-4H,8-9H2,1H3;3H,2H2,1H3. The van der Waals surface area contributed by atoms with E-state index in [1.807, 2.05) is 19.1 Å². The van der Waals surface area contributed by atoms with Crippen molar-refractivity contribution in [1.82, 2.24) is 0 Å². The number of aryl methyl sites for hydroxylation is 1. The molecule has 1 atom stereocenters. The van der Waals surface area contributed by atoms with Crippen LogP contribution in [0.25, 0.3) is 0 Å². The Bertz CT molecular complexity index is 282. The molecule has 0 bridgehead atoms. The van der Waals surface area contributed by atoms with Crippen LogP contribution in [0.2, 0.25) is 0 Å². The van der Waals surface area contributed by atoms with Crippen LogP contribution < -0.4 is 11.5 Å². The molecule has 0 aromatic heterocycles. The second-order valence-corrected chi connectivity index (χ2v) is 3.26. The molecule has 3 heteroatoms. The predicted octanol–water partition coefficient (Wildman–Crippen LogP) is 1.56. The molecule has 0 amide bonds. The van der Waals surface area contributed by atoms with Gasteiger partial charge in [-0.15, -0.1) is 0 Å². The highest BCUT2D eigenvalue weighted by atomic mass is 16.6. The fourth-order valence-corrected chi connectivity index (χ4v) is 0.755. The average Bonchev–Trinajstić information content (AvgIpc) is 2.82. The Balaban J connectivity index is 0.000000175. The topological polar surface area (TPSA) is 64.6 Å². The Hall–Kier alpha value is -1.22. The van der Waals surface area contributed by atoms with Crippen molar-refractivity contribution in [2.45, 2.75) is 20.0 Å². The molecule has 4 N–H and O–H groups in total. The Kier molecular flexibility index (Phi) is 3.14. The SMILES string of the molecule is CC1CO1.Cc1ccc(N)cc1N. The zero-order valence-electron chi connectivity index (χ0n) is 8.08. The van der Waals surface area contributed by atoms with Crippen molar-refractivity contribution >= 4 is 11.4 Å². The molecular weight excluding hydrogens is 164 g/mol. The molecule has 3 nitrogen and oxygen atoms in total. The predicted molar refractivity (Wildman–Crippen MR) is 55.4 cm³/mol. The molecule has 72 valence electrons. The Morgan fingerprint density at radius 2 is 1.92 bits per heavy atom. The highest BCUT2D eigenvalue weighted by Gasteiger charge is 2.13. The van der Waals surface area contributed by atoms with Gasteiger partial charge >= 0.3 is 0 Å². The maximum absolute atomic E-state index is 5.54. The van der Waals surface area contributed by atoms with Crippen molar-refractivity contribution in [3.8, 4) is 0 Å². The summed E-state index contributed by atoms with van der Waals surface area (Å²) in [5, 5.41) is 0. The smallest absolute Gasteiger partial charge is 0.0781 e. The van der Waals surface area contributed by atoms with Crippen LogP contribution in [0, 0.1) is 6.92 Å². The fraction of sp³-hybridized carbons (Fsp3) is 0.400. The van der Waals surface area contributed by atoms with Crippen LogP contribution in [-0.4, -0.2) is 12.7 Å². The summed E-state index contributed by atoms with van der Waals surface area (Å²) >= 11 is 0. The maximum Gasteiger partial charge on any atom is 0.0781 e. The molecule has 1 aliphatic heterocycles.